The molecule has 0 amide bonds. The van der Waals surface area contributed by atoms with E-state index in [2.05, 4.69) is 0 Å². The lowest BCUT2D eigenvalue weighted by Crippen LogP contribution is -1.97. The minimum Gasteiger partial charge on any atom is -0.512 e. The molecule has 0 saturated heterocycles. The summed E-state index contributed by atoms with van der Waals surface area (Å²) in [4.78, 5) is 40.1. The monoisotopic (exact) mass is 300 g/mol. The van der Waals surface area contributed by atoms with Gasteiger partial charge in [-0.05, 0) is 41.5 Å². The van der Waals surface area contributed by atoms with Crippen molar-refractivity contribution in [3.63, 3.8) is 0 Å². The van der Waals surface area contributed by atoms with Gasteiger partial charge in [0.15, 0.2) is 11.6 Å². The van der Waals surface area contributed by atoms with E-state index in [-0.39, 0.29) is 41.1 Å². The van der Waals surface area contributed by atoms with Crippen LogP contribution < -0.4 is 0 Å². The van der Waals surface area contributed by atoms with Crippen molar-refractivity contribution in [2.45, 2.75) is 48.0 Å². The predicted octanol–water partition coefficient (Wildman–Crippen LogP) is 2.63. The highest BCUT2D eigenvalue weighted by atomic mass is 16.3. The van der Waals surface area contributed by atoms with Gasteiger partial charge < -0.3 is 10.2 Å². The van der Waals surface area contributed by atoms with E-state index >= 15 is 0 Å². The van der Waals surface area contributed by atoms with E-state index in [0.29, 0.717) is 0 Å². The number of allylic oxidation sites excluding steroid dienone is 4. The fourth-order valence-electron chi connectivity index (χ4n) is 0.939. The van der Waals surface area contributed by atoms with Crippen LogP contribution in [-0.2, 0) is 19.2 Å². The first-order chi connectivity index (χ1) is 9.38. The highest BCUT2D eigenvalue weighted by Gasteiger charge is 1.94. The average Bonchev–Trinajstić information content (AvgIpc) is 2.10. The third-order valence-corrected chi connectivity index (χ3v) is 1.32. The van der Waals surface area contributed by atoms with Crippen LogP contribution in [0.5, 0.6) is 0 Å². The van der Waals surface area contributed by atoms with Crippen LogP contribution in [0, 0.1) is 0 Å². The van der Waals surface area contributed by atoms with Gasteiger partial charge in [-0.3, -0.25) is 19.2 Å². The Hall–Kier alpha value is -2.24. The summed E-state index contributed by atoms with van der Waals surface area (Å²) in [6, 6.07) is 0. The zero-order valence-electron chi connectivity index (χ0n) is 13.4. The number of carbonyl (C=O) groups is 4. The van der Waals surface area contributed by atoms with Gasteiger partial charge in [0.05, 0.1) is 17.9 Å². The number of rotatable bonds is 4. The molecule has 6 nitrogen and oxygen atoms in total. The lowest BCUT2D eigenvalue weighted by Gasteiger charge is -1.81. The fourth-order valence-corrected chi connectivity index (χ4v) is 0.939. The molecular formula is C15H24O6. The Morgan fingerprint density at radius 3 is 0.905 bits per heavy atom. The van der Waals surface area contributed by atoms with Gasteiger partial charge in [-0.15, -0.1) is 0 Å². The fraction of sp³-hybridized carbons (Fsp3) is 0.467. The molecule has 0 fully saturated rings. The Kier molecular flexibility index (Phi) is 16.1. The van der Waals surface area contributed by atoms with Gasteiger partial charge in [0.25, 0.3) is 0 Å². The van der Waals surface area contributed by atoms with Crippen LogP contribution >= 0.6 is 0 Å². The van der Waals surface area contributed by atoms with Gasteiger partial charge in [0.1, 0.15) is 11.6 Å². The number of Topliss-reactive ketones (excluding diaryl/α,β-unsaturated/α-hetero) is 2. The van der Waals surface area contributed by atoms with Crippen molar-refractivity contribution in [1.82, 2.24) is 0 Å². The van der Waals surface area contributed by atoms with Crippen LogP contribution in [0.4, 0.5) is 0 Å². The predicted molar refractivity (Wildman–Crippen MR) is 80.1 cm³/mol. The van der Waals surface area contributed by atoms with Gasteiger partial charge in [-0.2, -0.15) is 0 Å². The maximum atomic E-state index is 10.0. The van der Waals surface area contributed by atoms with Gasteiger partial charge in [-0.1, -0.05) is 0 Å². The molecule has 0 aromatic rings. The van der Waals surface area contributed by atoms with Gasteiger partial charge in [0.2, 0.25) is 0 Å². The molecule has 0 heterocycles. The first kappa shape index (κ1) is 23.8. The van der Waals surface area contributed by atoms with E-state index in [0.717, 1.165) is 0 Å². The molecule has 0 aromatic carbocycles. The standard InChI is InChI=1S/3C5H8O2/c3*1-4(6)3-5(2)7/h3H2,1-2H3;2*3,6H,1-2H3/b;2*4-3-. The number of aliphatic hydroxyl groups excluding tert-OH is 2. The SMILES string of the molecule is CC(=O)/C=C(/C)O.CC(=O)/C=C(/C)O.CC(=O)CC(C)=O. The first-order valence-corrected chi connectivity index (χ1v) is 6.13. The minimum absolute atomic E-state index is 0.0625. The van der Waals surface area contributed by atoms with Crippen LogP contribution in [0.15, 0.2) is 23.7 Å². The molecule has 0 aliphatic rings. The zero-order valence-corrected chi connectivity index (χ0v) is 13.4. The highest BCUT2D eigenvalue weighted by molar-refractivity contribution is 5.96. The number of carbonyl (C=O) groups excluding carboxylic acids is 4. The summed E-state index contributed by atoms with van der Waals surface area (Å²) in [5.41, 5.74) is 0. The molecule has 21 heavy (non-hydrogen) atoms. The summed E-state index contributed by atoms with van der Waals surface area (Å²) in [6.07, 6.45) is 2.42. The molecule has 0 saturated carbocycles. The Labute approximate surface area is 125 Å². The highest BCUT2D eigenvalue weighted by Crippen LogP contribution is 1.83. The van der Waals surface area contributed by atoms with Crippen LogP contribution in [-0.4, -0.2) is 33.3 Å². The van der Waals surface area contributed by atoms with Crippen molar-refractivity contribution in [1.29, 1.82) is 0 Å². The van der Waals surface area contributed by atoms with Crippen LogP contribution in [0.2, 0.25) is 0 Å². The Bertz CT molecular complexity index is 381. The molecule has 0 aromatic heterocycles. The molecule has 0 rings (SSSR count). The van der Waals surface area contributed by atoms with Crippen LogP contribution in [0.1, 0.15) is 48.0 Å². The molecule has 0 aliphatic carbocycles. The summed E-state index contributed by atoms with van der Waals surface area (Å²) in [5, 5.41) is 16.7. The summed E-state index contributed by atoms with van der Waals surface area (Å²) >= 11 is 0. The maximum Gasteiger partial charge on any atom is 0.155 e. The molecule has 6 heteroatoms. The van der Waals surface area contributed by atoms with Crippen molar-refractivity contribution >= 4 is 23.1 Å². The van der Waals surface area contributed by atoms with Gasteiger partial charge in [-0.25, -0.2) is 0 Å². The second-order valence-corrected chi connectivity index (χ2v) is 4.37. The van der Waals surface area contributed by atoms with E-state index in [1.54, 1.807) is 0 Å². The van der Waals surface area contributed by atoms with Crippen molar-refractivity contribution in [2.75, 3.05) is 0 Å². The zero-order chi connectivity index (χ0) is 17.6. The minimum atomic E-state index is -0.125. The molecule has 0 unspecified atom stereocenters. The number of ketones is 4. The van der Waals surface area contributed by atoms with Crippen molar-refractivity contribution in [2.24, 2.45) is 0 Å². The van der Waals surface area contributed by atoms with Crippen molar-refractivity contribution < 1.29 is 29.4 Å². The summed E-state index contributed by atoms with van der Waals surface area (Å²) in [7, 11) is 0. The van der Waals surface area contributed by atoms with E-state index in [4.69, 9.17) is 10.2 Å². The Morgan fingerprint density at radius 2 is 0.905 bits per heavy atom. The topological polar surface area (TPSA) is 109 Å². The smallest absolute Gasteiger partial charge is 0.155 e. The molecule has 0 bridgehead atoms. The Morgan fingerprint density at radius 1 is 0.667 bits per heavy atom. The summed E-state index contributed by atoms with van der Waals surface area (Å²) < 4.78 is 0. The molecule has 0 aliphatic heterocycles. The number of hydrogen-bond donors (Lipinski definition) is 2. The second-order valence-electron chi connectivity index (χ2n) is 4.37. The normalized spacial score (nSPS) is 10.4. The Balaban J connectivity index is -0.000000231. The van der Waals surface area contributed by atoms with E-state index in [9.17, 15) is 19.2 Å². The quantitative estimate of drug-likeness (QED) is 0.469. The van der Waals surface area contributed by atoms with Gasteiger partial charge >= 0.3 is 0 Å². The van der Waals surface area contributed by atoms with E-state index in [1.807, 2.05) is 0 Å². The molecule has 0 radical (unpaired) electrons. The third kappa shape index (κ3) is 46.3. The van der Waals surface area contributed by atoms with E-state index < -0.39 is 0 Å². The molecule has 120 valence electrons. The molecule has 0 spiro atoms. The first-order valence-electron chi connectivity index (χ1n) is 6.13. The number of hydrogen-bond acceptors (Lipinski definition) is 6. The third-order valence-electron chi connectivity index (χ3n) is 1.32. The van der Waals surface area contributed by atoms with Crippen molar-refractivity contribution in [3.05, 3.63) is 23.7 Å². The van der Waals surface area contributed by atoms with Gasteiger partial charge in [0, 0.05) is 12.2 Å². The molecule has 0 atom stereocenters. The van der Waals surface area contributed by atoms with E-state index in [1.165, 1.54) is 53.7 Å². The molecule has 2 N–H and O–H groups in total. The van der Waals surface area contributed by atoms with Crippen molar-refractivity contribution in [3.8, 4) is 0 Å². The largest absolute Gasteiger partial charge is 0.512 e. The summed E-state index contributed by atoms with van der Waals surface area (Å²) in [5.74, 6) is -0.250. The summed E-state index contributed by atoms with van der Waals surface area (Å²) in [6.45, 7) is 8.50. The lowest BCUT2D eigenvalue weighted by atomic mass is 10.2. The van der Waals surface area contributed by atoms with Crippen LogP contribution in [0.3, 0.4) is 0 Å². The maximum absolute atomic E-state index is 10.0. The van der Waals surface area contributed by atoms with Crippen LogP contribution in [0.25, 0.3) is 0 Å². The number of aliphatic hydroxyl groups is 2. The second kappa shape index (κ2) is 14.2. The average molecular weight is 300 g/mol. The molecular weight excluding hydrogens is 276 g/mol. The lowest BCUT2D eigenvalue weighted by molar-refractivity contribution is -0.124.